The van der Waals surface area contributed by atoms with E-state index in [9.17, 15) is 9.18 Å². The van der Waals surface area contributed by atoms with Gasteiger partial charge in [-0.05, 0) is 62.9 Å². The Kier molecular flexibility index (Phi) is 6.58. The molecule has 0 aromatic heterocycles. The van der Waals surface area contributed by atoms with Gasteiger partial charge in [0.15, 0.2) is 0 Å². The molecule has 2 rings (SSSR count). The summed E-state index contributed by atoms with van der Waals surface area (Å²) in [6.45, 7) is 5.44. The molecule has 0 heterocycles. The number of hydrogen-bond donors (Lipinski definition) is 1. The summed E-state index contributed by atoms with van der Waals surface area (Å²) >= 11 is 6.87. The van der Waals surface area contributed by atoms with E-state index >= 15 is 0 Å². The average Bonchev–Trinajstić information content (AvgIpc) is 3.21. The minimum absolute atomic E-state index is 0.0627. The van der Waals surface area contributed by atoms with E-state index in [1.54, 1.807) is 24.3 Å². The number of rotatable bonds is 7. The third-order valence-corrected chi connectivity index (χ3v) is 5.91. The fourth-order valence-electron chi connectivity index (χ4n) is 2.47. The first-order valence-corrected chi connectivity index (χ1v) is 9.34. The van der Waals surface area contributed by atoms with E-state index in [0.29, 0.717) is 12.8 Å². The maximum Gasteiger partial charge on any atom is 0.244 e. The fraction of sp³-hybridized carbons (Fsp3) is 0.316. The highest BCUT2D eigenvalue weighted by Crippen LogP contribution is 2.57. The topological polar surface area (TPSA) is 29.1 Å². The van der Waals surface area contributed by atoms with Gasteiger partial charge in [-0.25, -0.2) is 4.39 Å². The maximum atomic E-state index is 14.7. The molecular weight excluding hydrogens is 437 g/mol. The summed E-state index contributed by atoms with van der Waals surface area (Å²) in [6.07, 6.45) is 9.08. The first-order valence-electron chi connectivity index (χ1n) is 7.76. The van der Waals surface area contributed by atoms with E-state index in [2.05, 4.69) is 43.8 Å². The number of alkyl halides is 1. The van der Waals surface area contributed by atoms with Crippen LogP contribution in [-0.2, 0) is 4.79 Å². The van der Waals surface area contributed by atoms with E-state index in [-0.39, 0.29) is 17.9 Å². The van der Waals surface area contributed by atoms with Crippen LogP contribution in [0.1, 0.15) is 31.2 Å². The van der Waals surface area contributed by atoms with Crippen molar-refractivity contribution in [1.82, 2.24) is 5.32 Å². The molecule has 0 spiro atoms. The smallest absolute Gasteiger partial charge is 0.244 e. The Morgan fingerprint density at radius 3 is 2.88 bits per heavy atom. The second kappa shape index (κ2) is 8.26. The number of carbonyl (C=O) groups excluding carboxylic acids is 1. The van der Waals surface area contributed by atoms with Crippen LogP contribution < -0.4 is 5.32 Å². The van der Waals surface area contributed by atoms with Crippen LogP contribution in [0.5, 0.6) is 0 Å². The van der Waals surface area contributed by atoms with E-state index < -0.39 is 5.67 Å². The molecule has 1 amide bonds. The fourth-order valence-corrected chi connectivity index (χ4v) is 3.11. The molecule has 5 heteroatoms. The zero-order valence-electron chi connectivity index (χ0n) is 13.4. The Morgan fingerprint density at radius 1 is 1.46 bits per heavy atom. The third kappa shape index (κ3) is 5.15. The highest BCUT2D eigenvalue weighted by Gasteiger charge is 2.55. The number of hydrogen-bond acceptors (Lipinski definition) is 1. The van der Waals surface area contributed by atoms with Gasteiger partial charge in [0, 0.05) is 33.4 Å². The van der Waals surface area contributed by atoms with Gasteiger partial charge >= 0.3 is 0 Å². The molecule has 3 atom stereocenters. The van der Waals surface area contributed by atoms with Crippen LogP contribution in [0.2, 0.25) is 0 Å². The molecule has 1 aliphatic rings. The highest BCUT2D eigenvalue weighted by molar-refractivity contribution is 9.13. The minimum Gasteiger partial charge on any atom is -0.347 e. The van der Waals surface area contributed by atoms with Gasteiger partial charge in [-0.2, -0.15) is 0 Å². The van der Waals surface area contributed by atoms with Gasteiger partial charge in [-0.15, -0.1) is 6.58 Å². The van der Waals surface area contributed by atoms with Crippen LogP contribution in [0.4, 0.5) is 4.39 Å². The summed E-state index contributed by atoms with van der Waals surface area (Å²) in [5.41, 5.74) is -0.175. The zero-order valence-corrected chi connectivity index (χ0v) is 16.6. The van der Waals surface area contributed by atoms with Crippen molar-refractivity contribution in [3.63, 3.8) is 0 Å². The molecule has 2 nitrogen and oxygen atoms in total. The predicted octanol–water partition coefficient (Wildman–Crippen LogP) is 5.60. The summed E-state index contributed by atoms with van der Waals surface area (Å²) in [4.78, 5) is 11.5. The first-order chi connectivity index (χ1) is 11.4. The molecule has 0 aliphatic heterocycles. The lowest BCUT2D eigenvalue weighted by Crippen LogP contribution is -2.29. The van der Waals surface area contributed by atoms with Crippen molar-refractivity contribution in [3.8, 4) is 0 Å². The van der Waals surface area contributed by atoms with Crippen LogP contribution in [0.15, 0.2) is 64.1 Å². The van der Waals surface area contributed by atoms with Crippen molar-refractivity contribution in [2.24, 2.45) is 0 Å². The van der Waals surface area contributed by atoms with Gasteiger partial charge in [0.1, 0.15) is 5.67 Å². The first kappa shape index (κ1) is 19.1. The Morgan fingerprint density at radius 2 is 2.21 bits per heavy atom. The normalized spacial score (nSPS) is 24.2. The van der Waals surface area contributed by atoms with Crippen molar-refractivity contribution in [1.29, 1.82) is 0 Å². The lowest BCUT2D eigenvalue weighted by Gasteiger charge is -2.06. The molecule has 1 N–H and O–H groups in total. The van der Waals surface area contributed by atoms with Gasteiger partial charge < -0.3 is 5.32 Å². The van der Waals surface area contributed by atoms with Crippen molar-refractivity contribution in [2.45, 2.75) is 37.4 Å². The van der Waals surface area contributed by atoms with E-state index in [1.807, 2.05) is 25.1 Å². The number of benzene rings is 1. The van der Waals surface area contributed by atoms with Gasteiger partial charge in [0.05, 0.1) is 0 Å². The number of nitrogens with one attached hydrogen (secondary N) is 1. The Bertz CT molecular complexity index is 686. The molecule has 128 valence electrons. The Labute approximate surface area is 159 Å². The van der Waals surface area contributed by atoms with Crippen LogP contribution >= 0.6 is 31.9 Å². The summed E-state index contributed by atoms with van der Waals surface area (Å²) in [5.74, 6) is -0.252. The van der Waals surface area contributed by atoms with Gasteiger partial charge in [-0.1, -0.05) is 30.4 Å². The standard InChI is InChI=1S/C19H20Br2FNO/c1-3-13(2)23-18(24)7-5-4-6-10-19(22)12-15(19)14-8-9-16(20)17(21)11-14/h3-9,11,13,15H,1,10,12H2,2H3,(H,23,24)/t13?,15?,19-/m1/s1. The largest absolute Gasteiger partial charge is 0.347 e. The lowest BCUT2D eigenvalue weighted by molar-refractivity contribution is -0.116. The van der Waals surface area contributed by atoms with Crippen molar-refractivity contribution in [3.05, 3.63) is 69.7 Å². The minimum atomic E-state index is -1.18. The maximum absolute atomic E-state index is 14.7. The second-order valence-corrected chi connectivity index (χ2v) is 7.70. The lowest BCUT2D eigenvalue weighted by atomic mass is 10.1. The molecule has 1 fully saturated rings. The van der Waals surface area contributed by atoms with Gasteiger partial charge in [-0.3, -0.25) is 4.79 Å². The second-order valence-electron chi connectivity index (χ2n) is 5.99. The molecule has 1 saturated carbocycles. The molecule has 1 aromatic carbocycles. The van der Waals surface area contributed by atoms with Crippen LogP contribution in [0.3, 0.4) is 0 Å². The Hall–Kier alpha value is -1.20. The summed E-state index contributed by atoms with van der Waals surface area (Å²) < 4.78 is 16.6. The molecule has 1 aliphatic carbocycles. The van der Waals surface area contributed by atoms with Crippen molar-refractivity contribution in [2.75, 3.05) is 0 Å². The summed E-state index contributed by atoms with van der Waals surface area (Å²) in [7, 11) is 0. The zero-order chi connectivity index (χ0) is 17.7. The predicted molar refractivity (Wildman–Crippen MR) is 104 cm³/mol. The molecular formula is C19H20Br2FNO. The molecule has 1 aromatic rings. The average molecular weight is 457 g/mol. The number of halogens is 3. The van der Waals surface area contributed by atoms with Gasteiger partial charge in [0.25, 0.3) is 0 Å². The monoisotopic (exact) mass is 455 g/mol. The summed E-state index contributed by atoms with van der Waals surface area (Å²) in [5, 5.41) is 2.73. The van der Waals surface area contributed by atoms with Crippen molar-refractivity contribution < 1.29 is 9.18 Å². The Balaban J connectivity index is 1.83. The quantitative estimate of drug-likeness (QED) is 0.323. The number of amides is 1. The van der Waals surface area contributed by atoms with Crippen LogP contribution in [0.25, 0.3) is 0 Å². The SMILES string of the molecule is C=CC(C)NC(=O)C=CC=CC[C@@]1(F)CC1c1ccc(Br)c(Br)c1. The molecule has 24 heavy (non-hydrogen) atoms. The van der Waals surface area contributed by atoms with E-state index in [4.69, 9.17) is 0 Å². The van der Waals surface area contributed by atoms with Crippen LogP contribution in [-0.4, -0.2) is 17.6 Å². The molecule has 0 saturated heterocycles. The highest BCUT2D eigenvalue weighted by atomic mass is 79.9. The van der Waals surface area contributed by atoms with E-state index in [1.165, 1.54) is 6.08 Å². The molecule has 2 unspecified atom stereocenters. The summed E-state index contributed by atoms with van der Waals surface area (Å²) in [6, 6.07) is 5.78. The molecule has 0 radical (unpaired) electrons. The number of carbonyl (C=O) groups is 1. The van der Waals surface area contributed by atoms with Crippen LogP contribution in [0, 0.1) is 0 Å². The number of allylic oxidation sites excluding steroid dienone is 3. The van der Waals surface area contributed by atoms with Gasteiger partial charge in [0.2, 0.25) is 5.91 Å². The van der Waals surface area contributed by atoms with E-state index in [0.717, 1.165) is 14.5 Å². The van der Waals surface area contributed by atoms with Crippen molar-refractivity contribution >= 4 is 37.8 Å². The third-order valence-electron chi connectivity index (χ3n) is 4.03. The molecule has 0 bridgehead atoms.